The molecule has 5 heteroatoms. The number of rotatable bonds is 3. The van der Waals surface area contributed by atoms with Crippen molar-refractivity contribution in [3.05, 3.63) is 22.8 Å². The Morgan fingerprint density at radius 2 is 2.33 bits per heavy atom. The predicted molar refractivity (Wildman–Crippen MR) is 71.5 cm³/mol. The molecule has 0 aliphatic carbocycles. The summed E-state index contributed by atoms with van der Waals surface area (Å²) >= 11 is 5.90. The number of anilines is 1. The molecule has 1 aromatic rings. The van der Waals surface area contributed by atoms with E-state index in [1.807, 2.05) is 0 Å². The Kier molecular flexibility index (Phi) is 4.07. The van der Waals surface area contributed by atoms with E-state index >= 15 is 0 Å². The number of hydrogen-bond acceptors (Lipinski definition) is 3. The van der Waals surface area contributed by atoms with Crippen LogP contribution in [0.4, 0.5) is 5.82 Å². The topological polar surface area (TPSA) is 53.4 Å². The first kappa shape index (κ1) is 13.1. The zero-order valence-corrected chi connectivity index (χ0v) is 11.2. The van der Waals surface area contributed by atoms with E-state index in [0.29, 0.717) is 11.9 Å². The second-order valence-corrected chi connectivity index (χ2v) is 4.98. The van der Waals surface area contributed by atoms with Crippen LogP contribution in [-0.4, -0.2) is 28.6 Å². The molecule has 98 valence electrons. The molecule has 2 heterocycles. The molecule has 0 bridgehead atoms. The lowest BCUT2D eigenvalue weighted by molar-refractivity contribution is 0.0696. The van der Waals surface area contributed by atoms with Crippen molar-refractivity contribution in [2.75, 3.05) is 11.4 Å². The Hall–Kier alpha value is -1.29. The Labute approximate surface area is 112 Å². The Morgan fingerprint density at radius 1 is 1.56 bits per heavy atom. The maximum Gasteiger partial charge on any atom is 0.335 e. The van der Waals surface area contributed by atoms with Crippen molar-refractivity contribution in [3.63, 3.8) is 0 Å². The molecule has 1 saturated heterocycles. The van der Waals surface area contributed by atoms with Gasteiger partial charge in [0.2, 0.25) is 0 Å². The van der Waals surface area contributed by atoms with E-state index in [1.165, 1.54) is 12.5 Å². The van der Waals surface area contributed by atoms with Gasteiger partial charge in [0.1, 0.15) is 11.0 Å². The third kappa shape index (κ3) is 2.75. The zero-order valence-electron chi connectivity index (χ0n) is 10.4. The highest BCUT2D eigenvalue weighted by Crippen LogP contribution is 2.27. The average molecular weight is 269 g/mol. The summed E-state index contributed by atoms with van der Waals surface area (Å²) in [5, 5.41) is 9.29. The number of nitrogens with zero attached hydrogens (tertiary/aromatic N) is 2. The van der Waals surface area contributed by atoms with Gasteiger partial charge in [-0.3, -0.25) is 0 Å². The molecule has 18 heavy (non-hydrogen) atoms. The molecule has 1 unspecified atom stereocenters. The van der Waals surface area contributed by atoms with Crippen LogP contribution in [0.2, 0.25) is 5.15 Å². The summed E-state index contributed by atoms with van der Waals surface area (Å²) in [6.45, 7) is 3.07. The Balaban J connectivity index is 2.33. The van der Waals surface area contributed by atoms with Gasteiger partial charge in [0.25, 0.3) is 0 Å². The van der Waals surface area contributed by atoms with Gasteiger partial charge in [0.05, 0.1) is 5.56 Å². The fourth-order valence-corrected chi connectivity index (χ4v) is 2.68. The maximum absolute atomic E-state index is 11.0. The van der Waals surface area contributed by atoms with Crippen LogP contribution in [0.3, 0.4) is 0 Å². The molecule has 0 aromatic carbocycles. The van der Waals surface area contributed by atoms with E-state index in [1.54, 1.807) is 6.07 Å². The van der Waals surface area contributed by atoms with Gasteiger partial charge in [-0.2, -0.15) is 0 Å². The minimum atomic E-state index is -0.967. The number of aromatic carboxylic acids is 1. The van der Waals surface area contributed by atoms with Crippen LogP contribution in [0, 0.1) is 0 Å². The van der Waals surface area contributed by atoms with Crippen molar-refractivity contribution in [3.8, 4) is 0 Å². The summed E-state index contributed by atoms with van der Waals surface area (Å²) < 4.78 is 0. The van der Waals surface area contributed by atoms with Crippen LogP contribution in [0.15, 0.2) is 12.1 Å². The van der Waals surface area contributed by atoms with Crippen molar-refractivity contribution < 1.29 is 9.90 Å². The normalized spacial score (nSPS) is 19.9. The van der Waals surface area contributed by atoms with E-state index < -0.39 is 5.97 Å². The summed E-state index contributed by atoms with van der Waals surface area (Å²) in [7, 11) is 0. The van der Waals surface area contributed by atoms with Crippen molar-refractivity contribution in [2.45, 2.75) is 38.6 Å². The number of halogens is 1. The van der Waals surface area contributed by atoms with Gasteiger partial charge in [-0.15, -0.1) is 0 Å². The molecule has 1 aliphatic heterocycles. The Bertz CT molecular complexity index is 451. The predicted octanol–water partition coefficient (Wildman–Crippen LogP) is 3.20. The number of aromatic nitrogens is 1. The number of carboxylic acids is 1. The third-order valence-corrected chi connectivity index (χ3v) is 3.61. The average Bonchev–Trinajstić information content (AvgIpc) is 2.38. The molecular formula is C13H17ClN2O2. The minimum absolute atomic E-state index is 0.199. The fraction of sp³-hybridized carbons (Fsp3) is 0.538. The van der Waals surface area contributed by atoms with Crippen molar-refractivity contribution in [2.24, 2.45) is 0 Å². The SMILES string of the molecule is CCC1CCCCN1c1cc(C(=O)O)cc(Cl)n1. The largest absolute Gasteiger partial charge is 0.478 e. The number of carbonyl (C=O) groups is 1. The molecule has 1 atom stereocenters. The Morgan fingerprint density at radius 3 is 3.00 bits per heavy atom. The maximum atomic E-state index is 11.0. The van der Waals surface area contributed by atoms with Crippen molar-refractivity contribution >= 4 is 23.4 Å². The van der Waals surface area contributed by atoms with Gasteiger partial charge in [0.15, 0.2) is 0 Å². The van der Waals surface area contributed by atoms with Gasteiger partial charge in [0, 0.05) is 12.6 Å². The smallest absolute Gasteiger partial charge is 0.335 e. The summed E-state index contributed by atoms with van der Waals surface area (Å²) in [5.74, 6) is -0.281. The number of carboxylic acid groups (broad SMARTS) is 1. The number of pyridine rings is 1. The van der Waals surface area contributed by atoms with Crippen LogP contribution in [0.5, 0.6) is 0 Å². The quantitative estimate of drug-likeness (QED) is 0.856. The lowest BCUT2D eigenvalue weighted by Gasteiger charge is -2.36. The van der Waals surface area contributed by atoms with Crippen molar-refractivity contribution in [1.82, 2.24) is 4.98 Å². The van der Waals surface area contributed by atoms with E-state index in [2.05, 4.69) is 16.8 Å². The molecule has 0 saturated carbocycles. The van der Waals surface area contributed by atoms with Gasteiger partial charge in [-0.25, -0.2) is 9.78 Å². The van der Waals surface area contributed by atoms with Crippen molar-refractivity contribution in [1.29, 1.82) is 0 Å². The highest BCUT2D eigenvalue weighted by Gasteiger charge is 2.23. The summed E-state index contributed by atoms with van der Waals surface area (Å²) in [6.07, 6.45) is 4.51. The second kappa shape index (κ2) is 5.57. The third-order valence-electron chi connectivity index (χ3n) is 3.42. The van der Waals surface area contributed by atoms with E-state index in [0.717, 1.165) is 25.8 Å². The van der Waals surface area contributed by atoms with Gasteiger partial charge < -0.3 is 10.0 Å². The number of piperidine rings is 1. The summed E-state index contributed by atoms with van der Waals surface area (Å²) in [6, 6.07) is 3.44. The highest BCUT2D eigenvalue weighted by molar-refractivity contribution is 6.29. The molecule has 4 nitrogen and oxygen atoms in total. The van der Waals surface area contributed by atoms with Crippen LogP contribution < -0.4 is 4.90 Å². The molecule has 1 N–H and O–H groups in total. The van der Waals surface area contributed by atoms with Crippen LogP contribution in [0.1, 0.15) is 43.0 Å². The minimum Gasteiger partial charge on any atom is -0.478 e. The molecule has 0 amide bonds. The first-order chi connectivity index (χ1) is 8.61. The molecule has 1 fully saturated rings. The van der Waals surface area contributed by atoms with Crippen LogP contribution in [-0.2, 0) is 0 Å². The highest BCUT2D eigenvalue weighted by atomic mass is 35.5. The lowest BCUT2D eigenvalue weighted by Crippen LogP contribution is -2.39. The summed E-state index contributed by atoms with van der Waals surface area (Å²) in [5.41, 5.74) is 0.199. The van der Waals surface area contributed by atoms with Gasteiger partial charge >= 0.3 is 5.97 Å². The van der Waals surface area contributed by atoms with E-state index in [9.17, 15) is 4.79 Å². The lowest BCUT2D eigenvalue weighted by atomic mass is 10.00. The summed E-state index contributed by atoms with van der Waals surface area (Å²) in [4.78, 5) is 17.5. The molecule has 0 radical (unpaired) electrons. The van der Waals surface area contributed by atoms with E-state index in [4.69, 9.17) is 16.7 Å². The van der Waals surface area contributed by atoms with Crippen LogP contribution >= 0.6 is 11.6 Å². The van der Waals surface area contributed by atoms with Gasteiger partial charge in [-0.05, 0) is 37.8 Å². The first-order valence-corrected chi connectivity index (χ1v) is 6.67. The van der Waals surface area contributed by atoms with Gasteiger partial charge in [-0.1, -0.05) is 18.5 Å². The van der Waals surface area contributed by atoms with Crippen LogP contribution in [0.25, 0.3) is 0 Å². The molecule has 1 aromatic heterocycles. The molecular weight excluding hydrogens is 252 g/mol. The first-order valence-electron chi connectivity index (χ1n) is 6.29. The zero-order chi connectivity index (χ0) is 13.1. The standard InChI is InChI=1S/C13H17ClN2O2/c1-2-10-5-3-4-6-16(10)12-8-9(13(17)18)7-11(14)15-12/h7-8,10H,2-6H2,1H3,(H,17,18). The molecule has 2 rings (SSSR count). The number of hydrogen-bond donors (Lipinski definition) is 1. The molecule has 0 spiro atoms. The fourth-order valence-electron chi connectivity index (χ4n) is 2.48. The second-order valence-electron chi connectivity index (χ2n) is 4.59. The van der Waals surface area contributed by atoms with E-state index in [-0.39, 0.29) is 10.7 Å². The molecule has 1 aliphatic rings. The monoisotopic (exact) mass is 268 g/mol.